The summed E-state index contributed by atoms with van der Waals surface area (Å²) in [5.74, 6) is -2.13. The molecule has 2 aromatic rings. The second-order valence-electron chi connectivity index (χ2n) is 9.08. The third kappa shape index (κ3) is 9.57. The van der Waals surface area contributed by atoms with Gasteiger partial charge in [0.15, 0.2) is 5.78 Å². The molecular weight excluding hydrogens is 490 g/mol. The van der Waals surface area contributed by atoms with E-state index in [4.69, 9.17) is 11.3 Å². The maximum absolute atomic E-state index is 13.3. The predicted molar refractivity (Wildman–Crippen MR) is 142 cm³/mol. The van der Waals surface area contributed by atoms with Crippen LogP contribution in [0.2, 0.25) is 0 Å². The molecule has 0 bridgehead atoms. The first-order chi connectivity index (χ1) is 18.1. The van der Waals surface area contributed by atoms with Crippen molar-refractivity contribution < 1.29 is 24.3 Å². The Bertz CT molecular complexity index is 1160. The molecule has 6 N–H and O–H groups in total. The van der Waals surface area contributed by atoms with E-state index in [0.29, 0.717) is 35.3 Å². The molecule has 38 heavy (non-hydrogen) atoms. The minimum atomic E-state index is -0.845. The van der Waals surface area contributed by atoms with E-state index in [9.17, 15) is 24.3 Å². The number of ketones is 1. The van der Waals surface area contributed by atoms with Crippen LogP contribution in [0.4, 0.5) is 16.2 Å². The molecule has 0 aliphatic rings. The largest absolute Gasteiger partial charge is 0.392 e. The fourth-order valence-corrected chi connectivity index (χ4v) is 3.77. The Morgan fingerprint density at radius 3 is 2.26 bits per heavy atom. The molecule has 0 aliphatic carbocycles. The van der Waals surface area contributed by atoms with E-state index in [2.05, 4.69) is 26.0 Å². The first-order valence-electron chi connectivity index (χ1n) is 12.2. The maximum atomic E-state index is 13.3. The monoisotopic (exact) mass is 523 g/mol. The van der Waals surface area contributed by atoms with Crippen LogP contribution in [-0.2, 0) is 16.2 Å². The van der Waals surface area contributed by atoms with E-state index in [1.165, 1.54) is 24.3 Å². The van der Waals surface area contributed by atoms with Gasteiger partial charge < -0.3 is 26.8 Å². The SMILES string of the molecule is CC(C)[C@H](NC(=O)c1ccc(N=[N+]=[N-])cc1)C(=O)C[C@@H](CCCNC(N)=O)C(=O)Nc1ccc(CO)cc1. The average molecular weight is 524 g/mol. The molecule has 2 aromatic carbocycles. The number of azide groups is 1. The Morgan fingerprint density at radius 1 is 1.05 bits per heavy atom. The van der Waals surface area contributed by atoms with Crippen LogP contribution in [0, 0.1) is 11.8 Å². The van der Waals surface area contributed by atoms with E-state index in [1.807, 2.05) is 0 Å². The van der Waals surface area contributed by atoms with Gasteiger partial charge in [0.25, 0.3) is 5.91 Å². The van der Waals surface area contributed by atoms with Gasteiger partial charge in [-0.3, -0.25) is 14.4 Å². The molecule has 0 unspecified atom stereocenters. The Labute approximate surface area is 220 Å². The van der Waals surface area contributed by atoms with Gasteiger partial charge in [0, 0.05) is 40.7 Å². The maximum Gasteiger partial charge on any atom is 0.312 e. The van der Waals surface area contributed by atoms with Crippen LogP contribution in [-0.4, -0.2) is 41.3 Å². The fourth-order valence-electron chi connectivity index (χ4n) is 3.77. The van der Waals surface area contributed by atoms with Crippen molar-refractivity contribution in [3.05, 3.63) is 70.1 Å². The van der Waals surface area contributed by atoms with E-state index >= 15 is 0 Å². The number of urea groups is 1. The van der Waals surface area contributed by atoms with Crippen LogP contribution < -0.4 is 21.7 Å². The zero-order valence-corrected chi connectivity index (χ0v) is 21.4. The number of primary amides is 1. The number of rotatable bonds is 14. The van der Waals surface area contributed by atoms with Gasteiger partial charge in [-0.1, -0.05) is 43.2 Å². The first-order valence-corrected chi connectivity index (χ1v) is 12.2. The van der Waals surface area contributed by atoms with Crippen molar-refractivity contribution in [1.29, 1.82) is 0 Å². The van der Waals surface area contributed by atoms with Crippen LogP contribution >= 0.6 is 0 Å². The third-order valence-electron chi connectivity index (χ3n) is 5.84. The number of nitrogens with zero attached hydrogens (tertiary/aromatic N) is 3. The minimum absolute atomic E-state index is 0.127. The molecule has 0 aromatic heterocycles. The highest BCUT2D eigenvalue weighted by molar-refractivity contribution is 6.00. The topological polar surface area (TPSA) is 199 Å². The highest BCUT2D eigenvalue weighted by Crippen LogP contribution is 2.20. The lowest BCUT2D eigenvalue weighted by Crippen LogP contribution is -2.45. The normalized spacial score (nSPS) is 12.1. The summed E-state index contributed by atoms with van der Waals surface area (Å²) in [7, 11) is 0. The van der Waals surface area contributed by atoms with E-state index in [0.717, 1.165) is 0 Å². The first kappa shape index (κ1) is 29.8. The molecule has 0 fully saturated rings. The molecule has 0 aliphatic heterocycles. The molecule has 202 valence electrons. The van der Waals surface area contributed by atoms with Crippen molar-refractivity contribution in [3.63, 3.8) is 0 Å². The van der Waals surface area contributed by atoms with Crippen molar-refractivity contribution in [1.82, 2.24) is 10.6 Å². The van der Waals surface area contributed by atoms with Crippen molar-refractivity contribution in [3.8, 4) is 0 Å². The summed E-state index contributed by atoms with van der Waals surface area (Å²) in [6.07, 6.45) is 0.580. The molecular formula is C26H33N7O5. The molecule has 0 saturated carbocycles. The highest BCUT2D eigenvalue weighted by atomic mass is 16.3. The zero-order chi connectivity index (χ0) is 28.1. The molecule has 0 heterocycles. The van der Waals surface area contributed by atoms with E-state index < -0.39 is 23.9 Å². The Morgan fingerprint density at radius 2 is 1.71 bits per heavy atom. The summed E-state index contributed by atoms with van der Waals surface area (Å²) in [5, 5.41) is 20.7. The second kappa shape index (κ2) is 15.0. The fraction of sp³-hybridized carbons (Fsp3) is 0.385. The van der Waals surface area contributed by atoms with Gasteiger partial charge in [0.05, 0.1) is 12.6 Å². The van der Waals surface area contributed by atoms with E-state index in [-0.39, 0.29) is 37.2 Å². The number of Topliss-reactive ketones (excluding diaryl/α,β-unsaturated/α-hetero) is 1. The van der Waals surface area contributed by atoms with Crippen molar-refractivity contribution in [2.24, 2.45) is 22.7 Å². The molecule has 12 nitrogen and oxygen atoms in total. The average Bonchev–Trinajstić information content (AvgIpc) is 2.89. The van der Waals surface area contributed by atoms with Crippen molar-refractivity contribution >= 4 is 35.0 Å². The number of nitrogens with one attached hydrogen (secondary N) is 3. The standard InChI is InChI=1S/C26H33N7O5/c1-16(2)23(31-24(36)18-7-11-21(12-8-18)32-33-28)22(35)14-19(4-3-13-29-26(27)38)25(37)30-20-9-5-17(15-34)6-10-20/h5-12,16,19,23,34H,3-4,13-15H2,1-2H3,(H,30,37)(H,31,36)(H3,27,29,38)/t19-,23+/m1/s1. The van der Waals surface area contributed by atoms with Crippen LogP contribution in [0.1, 0.15) is 49.0 Å². The van der Waals surface area contributed by atoms with Crippen molar-refractivity contribution in [2.75, 3.05) is 11.9 Å². The van der Waals surface area contributed by atoms with Gasteiger partial charge in [-0.05, 0) is 54.1 Å². The molecule has 2 rings (SSSR count). The summed E-state index contributed by atoms with van der Waals surface area (Å²) in [5.41, 5.74) is 15.5. The summed E-state index contributed by atoms with van der Waals surface area (Å²) < 4.78 is 0. The van der Waals surface area contributed by atoms with Gasteiger partial charge in [-0.15, -0.1) is 0 Å². The summed E-state index contributed by atoms with van der Waals surface area (Å²) in [6.45, 7) is 3.71. The smallest absolute Gasteiger partial charge is 0.312 e. The number of aliphatic hydroxyl groups excluding tert-OH is 1. The summed E-state index contributed by atoms with van der Waals surface area (Å²) in [4.78, 5) is 52.9. The lowest BCUT2D eigenvalue weighted by Gasteiger charge is -2.24. The highest BCUT2D eigenvalue weighted by Gasteiger charge is 2.29. The molecule has 2 atom stereocenters. The van der Waals surface area contributed by atoms with Gasteiger partial charge in [-0.25, -0.2) is 4.79 Å². The summed E-state index contributed by atoms with van der Waals surface area (Å²) >= 11 is 0. The lowest BCUT2D eigenvalue weighted by molar-refractivity contribution is -0.128. The molecule has 0 radical (unpaired) electrons. The van der Waals surface area contributed by atoms with E-state index in [1.54, 1.807) is 38.1 Å². The number of amides is 4. The Kier molecular flexibility index (Phi) is 11.8. The molecule has 12 heteroatoms. The molecule has 0 spiro atoms. The molecule has 0 saturated heterocycles. The lowest BCUT2D eigenvalue weighted by atomic mass is 9.89. The predicted octanol–water partition coefficient (Wildman–Crippen LogP) is 3.54. The number of nitrogens with two attached hydrogens (primary N) is 1. The molecule has 4 amide bonds. The van der Waals surface area contributed by atoms with Crippen LogP contribution in [0.15, 0.2) is 53.6 Å². The van der Waals surface area contributed by atoms with Crippen LogP contribution in [0.3, 0.4) is 0 Å². The number of hydrogen-bond acceptors (Lipinski definition) is 6. The number of benzene rings is 2. The number of carbonyl (C=O) groups is 4. The number of aliphatic hydroxyl groups is 1. The quantitative estimate of drug-likeness (QED) is 0.109. The van der Waals surface area contributed by atoms with Gasteiger partial charge in [0.1, 0.15) is 0 Å². The Balaban J connectivity index is 2.13. The van der Waals surface area contributed by atoms with Crippen LogP contribution in [0.25, 0.3) is 10.4 Å². The number of carbonyl (C=O) groups excluding carboxylic acids is 4. The van der Waals surface area contributed by atoms with Gasteiger partial charge in [-0.2, -0.15) is 0 Å². The van der Waals surface area contributed by atoms with Crippen molar-refractivity contribution in [2.45, 2.75) is 45.8 Å². The van der Waals surface area contributed by atoms with Gasteiger partial charge >= 0.3 is 6.03 Å². The van der Waals surface area contributed by atoms with Gasteiger partial charge in [0.2, 0.25) is 5.91 Å². The summed E-state index contributed by atoms with van der Waals surface area (Å²) in [6, 6.07) is 11.1. The number of anilines is 1. The third-order valence-corrected chi connectivity index (χ3v) is 5.84. The minimum Gasteiger partial charge on any atom is -0.392 e. The zero-order valence-electron chi connectivity index (χ0n) is 21.4. The van der Waals surface area contributed by atoms with Crippen LogP contribution in [0.5, 0.6) is 0 Å². The number of hydrogen-bond donors (Lipinski definition) is 5. The second-order valence-corrected chi connectivity index (χ2v) is 9.08. The Hall–Kier alpha value is -4.41.